The Hall–Kier alpha value is 1.45. The minimum Gasteiger partial charge on any atom is -0.448 e. The molecule has 0 spiro atoms. The molecular formula is C8H14BF3KN. The van der Waals surface area contributed by atoms with Crippen LogP contribution in [0.1, 0.15) is 25.7 Å². The third-order valence-corrected chi connectivity index (χ3v) is 3.32. The normalized spacial score (nSPS) is 32.8. The molecule has 2 rings (SSSR count). The molecule has 0 amide bonds. The van der Waals surface area contributed by atoms with E-state index in [2.05, 4.69) is 0 Å². The first-order valence-corrected chi connectivity index (χ1v) is 5.01. The van der Waals surface area contributed by atoms with Gasteiger partial charge in [0.05, 0.1) is 0 Å². The molecule has 6 heteroatoms. The van der Waals surface area contributed by atoms with Crippen LogP contribution in [0, 0.1) is 5.92 Å². The molecule has 1 saturated carbocycles. The summed E-state index contributed by atoms with van der Waals surface area (Å²) >= 11 is 0. The summed E-state index contributed by atoms with van der Waals surface area (Å²) in [4.78, 5) is 1.65. The molecule has 0 radical (unpaired) electrons. The van der Waals surface area contributed by atoms with Crippen LogP contribution in [0.15, 0.2) is 0 Å². The Labute approximate surface area is 125 Å². The van der Waals surface area contributed by atoms with Crippen LogP contribution in [0.2, 0.25) is 0 Å². The van der Waals surface area contributed by atoms with Gasteiger partial charge in [-0.2, -0.15) is 0 Å². The van der Waals surface area contributed by atoms with Gasteiger partial charge in [0.15, 0.2) is 0 Å². The first kappa shape index (κ1) is 13.5. The second-order valence-corrected chi connectivity index (χ2v) is 4.25. The molecule has 1 nitrogen and oxygen atoms in total. The molecule has 1 aliphatic carbocycles. The zero-order valence-corrected chi connectivity index (χ0v) is 11.7. The molecule has 2 unspecified atom stereocenters. The van der Waals surface area contributed by atoms with Gasteiger partial charge in [0, 0.05) is 6.04 Å². The van der Waals surface area contributed by atoms with E-state index in [9.17, 15) is 12.9 Å². The molecule has 1 heterocycles. The van der Waals surface area contributed by atoms with Crippen LogP contribution in [0.5, 0.6) is 0 Å². The average Bonchev–Trinajstić information content (AvgIpc) is 2.50. The maximum atomic E-state index is 12.2. The molecule has 14 heavy (non-hydrogen) atoms. The number of rotatable bonds is 2. The van der Waals surface area contributed by atoms with Gasteiger partial charge in [-0.1, -0.05) is 6.42 Å². The second-order valence-electron chi connectivity index (χ2n) is 4.25. The van der Waals surface area contributed by atoms with Crippen molar-refractivity contribution in [2.24, 2.45) is 5.92 Å². The maximum absolute atomic E-state index is 12.2. The summed E-state index contributed by atoms with van der Waals surface area (Å²) in [5.74, 6) is 0.568. The van der Waals surface area contributed by atoms with Crippen LogP contribution in [0.3, 0.4) is 0 Å². The van der Waals surface area contributed by atoms with E-state index in [1.165, 1.54) is 0 Å². The van der Waals surface area contributed by atoms with Crippen molar-refractivity contribution < 1.29 is 64.3 Å². The summed E-state index contributed by atoms with van der Waals surface area (Å²) in [6, 6.07) is 0.253. The van der Waals surface area contributed by atoms with E-state index >= 15 is 0 Å². The van der Waals surface area contributed by atoms with Crippen molar-refractivity contribution in [2.45, 2.75) is 31.7 Å². The van der Waals surface area contributed by atoms with Crippen molar-refractivity contribution in [2.75, 3.05) is 13.0 Å². The van der Waals surface area contributed by atoms with Crippen molar-refractivity contribution in [3.05, 3.63) is 0 Å². The quantitative estimate of drug-likeness (QED) is 0.565. The molecule has 1 aliphatic heterocycles. The summed E-state index contributed by atoms with van der Waals surface area (Å²) in [7, 11) is 0. The largest absolute Gasteiger partial charge is 1.00 e. The molecule has 0 N–H and O–H groups in total. The van der Waals surface area contributed by atoms with Crippen LogP contribution < -0.4 is 51.4 Å². The SMILES string of the molecule is F[B-](F)(F)CN1CCC2CCCC21.[K+]. The fourth-order valence-electron chi connectivity index (χ4n) is 2.82. The Kier molecular flexibility index (Phi) is 5.01. The first-order chi connectivity index (χ1) is 6.06. The van der Waals surface area contributed by atoms with Gasteiger partial charge in [-0.3, -0.25) is 0 Å². The van der Waals surface area contributed by atoms with Crippen LogP contribution >= 0.6 is 0 Å². The number of fused-ring (bicyclic) bond motifs is 1. The summed E-state index contributed by atoms with van der Waals surface area (Å²) in [6.07, 6.45) is 3.59. The van der Waals surface area contributed by atoms with Crippen molar-refractivity contribution in [1.82, 2.24) is 4.90 Å². The predicted octanol–water partition coefficient (Wildman–Crippen LogP) is -0.749. The first-order valence-electron chi connectivity index (χ1n) is 5.01. The molecule has 0 aromatic heterocycles. The fraction of sp³-hybridized carbons (Fsp3) is 1.00. The van der Waals surface area contributed by atoms with Crippen LogP contribution in [-0.4, -0.2) is 30.9 Å². The average molecular weight is 231 g/mol. The summed E-state index contributed by atoms with van der Waals surface area (Å²) in [6.45, 7) is -3.96. The van der Waals surface area contributed by atoms with Crippen LogP contribution in [0.4, 0.5) is 12.9 Å². The molecule has 0 aromatic rings. The van der Waals surface area contributed by atoms with Gasteiger partial charge in [-0.15, -0.1) is 0 Å². The third-order valence-electron chi connectivity index (χ3n) is 3.32. The summed E-state index contributed by atoms with van der Waals surface area (Å²) < 4.78 is 36.6. The summed E-state index contributed by atoms with van der Waals surface area (Å²) in [5.41, 5.74) is 0. The zero-order chi connectivity index (χ0) is 9.47. The Morgan fingerprint density at radius 1 is 1.14 bits per heavy atom. The molecular weight excluding hydrogens is 217 g/mol. The van der Waals surface area contributed by atoms with Gasteiger partial charge in [-0.05, 0) is 38.2 Å². The molecule has 2 atom stereocenters. The molecule has 1 saturated heterocycles. The predicted molar refractivity (Wildman–Crippen MR) is 46.4 cm³/mol. The Morgan fingerprint density at radius 2 is 1.86 bits per heavy atom. The maximum Gasteiger partial charge on any atom is 1.00 e. The Balaban J connectivity index is 0.000000980. The number of hydrogen-bond acceptors (Lipinski definition) is 1. The molecule has 76 valence electrons. The van der Waals surface area contributed by atoms with Crippen molar-refractivity contribution in [1.29, 1.82) is 0 Å². The van der Waals surface area contributed by atoms with Gasteiger partial charge >= 0.3 is 58.4 Å². The van der Waals surface area contributed by atoms with E-state index in [0.717, 1.165) is 25.7 Å². The molecule has 2 aliphatic rings. The van der Waals surface area contributed by atoms with Gasteiger partial charge in [-0.25, -0.2) is 0 Å². The van der Waals surface area contributed by atoms with Crippen molar-refractivity contribution in [3.63, 3.8) is 0 Å². The molecule has 0 bridgehead atoms. The van der Waals surface area contributed by atoms with E-state index in [-0.39, 0.29) is 57.4 Å². The fourth-order valence-corrected chi connectivity index (χ4v) is 2.82. The minimum absolute atomic E-state index is 0. The van der Waals surface area contributed by atoms with Gasteiger partial charge < -0.3 is 17.8 Å². The Morgan fingerprint density at radius 3 is 2.50 bits per heavy atom. The van der Waals surface area contributed by atoms with Crippen LogP contribution in [0.25, 0.3) is 0 Å². The van der Waals surface area contributed by atoms with E-state index in [1.807, 2.05) is 0 Å². The molecule has 0 aromatic carbocycles. The smallest absolute Gasteiger partial charge is 0.448 e. The minimum atomic E-state index is -4.62. The summed E-state index contributed by atoms with van der Waals surface area (Å²) in [5, 5.41) is 0. The van der Waals surface area contributed by atoms with Gasteiger partial charge in [0.2, 0.25) is 0 Å². The van der Waals surface area contributed by atoms with Crippen LogP contribution in [-0.2, 0) is 0 Å². The van der Waals surface area contributed by atoms with Crippen molar-refractivity contribution in [3.8, 4) is 0 Å². The number of likely N-dealkylation sites (tertiary alicyclic amines) is 1. The topological polar surface area (TPSA) is 3.24 Å². The zero-order valence-electron chi connectivity index (χ0n) is 8.56. The number of hydrogen-bond donors (Lipinski definition) is 0. The van der Waals surface area contributed by atoms with E-state index in [4.69, 9.17) is 0 Å². The van der Waals surface area contributed by atoms with Gasteiger partial charge in [0.25, 0.3) is 0 Å². The van der Waals surface area contributed by atoms with Gasteiger partial charge in [0.1, 0.15) is 0 Å². The van der Waals surface area contributed by atoms with E-state index < -0.39 is 13.4 Å². The second kappa shape index (κ2) is 5.19. The standard InChI is InChI=1S/C8H14BF3N.K/c10-9(11,12)6-13-5-4-7-2-1-3-8(7)13;/h7-8H,1-6H2;/q-1;+1. The van der Waals surface area contributed by atoms with E-state index in [0.29, 0.717) is 12.5 Å². The van der Waals surface area contributed by atoms with E-state index in [1.54, 1.807) is 4.90 Å². The molecule has 2 fully saturated rings. The Bertz CT molecular complexity index is 200. The number of nitrogens with zero attached hydrogens (tertiary/aromatic N) is 1. The van der Waals surface area contributed by atoms with Crippen molar-refractivity contribution >= 4 is 6.98 Å². The third kappa shape index (κ3) is 3.22. The number of halogens is 3. The monoisotopic (exact) mass is 231 g/mol.